The molecule has 0 aliphatic carbocycles. The average molecular weight is 328 g/mol. The Balaban J connectivity index is 2.55. The molecule has 0 saturated heterocycles. The lowest BCUT2D eigenvalue weighted by Gasteiger charge is -2.18. The summed E-state index contributed by atoms with van der Waals surface area (Å²) in [5.74, 6) is -0.186. The Bertz CT molecular complexity index is 545. The molecule has 1 heterocycles. The molecule has 96 valence electrons. The van der Waals surface area contributed by atoms with Crippen LogP contribution in [0.1, 0.15) is 26.9 Å². The van der Waals surface area contributed by atoms with Gasteiger partial charge in [-0.15, -0.1) is 11.3 Å². The molecule has 0 fully saturated rings. The summed E-state index contributed by atoms with van der Waals surface area (Å²) in [6.07, 6.45) is 0. The second-order valence-electron chi connectivity index (χ2n) is 4.26. The average Bonchev–Trinajstić information content (AvgIpc) is 2.63. The van der Waals surface area contributed by atoms with Crippen molar-refractivity contribution in [3.05, 3.63) is 55.4 Å². The fourth-order valence-corrected chi connectivity index (χ4v) is 3.87. The molecule has 1 aromatic carbocycles. The van der Waals surface area contributed by atoms with Crippen LogP contribution >= 0.6 is 27.3 Å². The van der Waals surface area contributed by atoms with Crippen molar-refractivity contribution < 1.29 is 4.39 Å². The zero-order valence-corrected chi connectivity index (χ0v) is 13.0. The molecular weight excluding hydrogens is 313 g/mol. The van der Waals surface area contributed by atoms with Crippen LogP contribution in [0.2, 0.25) is 0 Å². The van der Waals surface area contributed by atoms with Crippen LogP contribution in [-0.2, 0) is 0 Å². The summed E-state index contributed by atoms with van der Waals surface area (Å²) in [7, 11) is 1.86. The van der Waals surface area contributed by atoms with Gasteiger partial charge in [0.1, 0.15) is 5.82 Å². The fourth-order valence-electron chi connectivity index (χ4n) is 2.14. The molecule has 18 heavy (non-hydrogen) atoms. The SMILES string of the molecule is CNC(c1sc(C)cc1C)c1c(F)cccc1Br. The molecule has 1 N–H and O–H groups in total. The highest BCUT2D eigenvalue weighted by atomic mass is 79.9. The molecule has 0 radical (unpaired) electrons. The van der Waals surface area contributed by atoms with Crippen LogP contribution in [-0.4, -0.2) is 7.05 Å². The predicted molar refractivity (Wildman–Crippen MR) is 78.8 cm³/mol. The maximum atomic E-state index is 14.0. The largest absolute Gasteiger partial charge is 0.309 e. The Hall–Kier alpha value is -0.710. The monoisotopic (exact) mass is 327 g/mol. The van der Waals surface area contributed by atoms with Crippen molar-refractivity contribution in [1.82, 2.24) is 5.32 Å². The summed E-state index contributed by atoms with van der Waals surface area (Å²) in [6, 6.07) is 7.11. The molecule has 0 aliphatic rings. The quantitative estimate of drug-likeness (QED) is 0.870. The Labute approximate surface area is 119 Å². The van der Waals surface area contributed by atoms with Crippen LogP contribution in [0.5, 0.6) is 0 Å². The first-order valence-electron chi connectivity index (χ1n) is 5.72. The third-order valence-electron chi connectivity index (χ3n) is 2.92. The minimum absolute atomic E-state index is 0.112. The third kappa shape index (κ3) is 2.51. The van der Waals surface area contributed by atoms with E-state index in [9.17, 15) is 4.39 Å². The lowest BCUT2D eigenvalue weighted by molar-refractivity contribution is 0.576. The van der Waals surface area contributed by atoms with Crippen molar-refractivity contribution in [2.75, 3.05) is 7.05 Å². The first kappa shape index (κ1) is 13.7. The third-order valence-corrected chi connectivity index (χ3v) is 4.83. The highest BCUT2D eigenvalue weighted by Crippen LogP contribution is 2.36. The molecule has 1 nitrogen and oxygen atoms in total. The number of nitrogens with one attached hydrogen (secondary N) is 1. The van der Waals surface area contributed by atoms with E-state index in [1.54, 1.807) is 17.4 Å². The fraction of sp³-hybridized carbons (Fsp3) is 0.286. The predicted octanol–water partition coefficient (Wildman–Crippen LogP) is 4.58. The minimum Gasteiger partial charge on any atom is -0.309 e. The second-order valence-corrected chi connectivity index (χ2v) is 6.40. The van der Waals surface area contributed by atoms with E-state index >= 15 is 0 Å². The number of hydrogen-bond acceptors (Lipinski definition) is 2. The zero-order chi connectivity index (χ0) is 13.3. The number of aryl methyl sites for hydroxylation is 2. The van der Waals surface area contributed by atoms with Gasteiger partial charge in [0.05, 0.1) is 6.04 Å². The summed E-state index contributed by atoms with van der Waals surface area (Å²) in [6.45, 7) is 4.14. The van der Waals surface area contributed by atoms with Gasteiger partial charge in [0.25, 0.3) is 0 Å². The smallest absolute Gasteiger partial charge is 0.129 e. The number of halogens is 2. The topological polar surface area (TPSA) is 12.0 Å². The van der Waals surface area contributed by atoms with Gasteiger partial charge < -0.3 is 5.32 Å². The van der Waals surface area contributed by atoms with Crippen LogP contribution in [0.15, 0.2) is 28.7 Å². The van der Waals surface area contributed by atoms with E-state index < -0.39 is 0 Å². The van der Waals surface area contributed by atoms with E-state index in [2.05, 4.69) is 41.2 Å². The van der Waals surface area contributed by atoms with Gasteiger partial charge in [-0.25, -0.2) is 4.39 Å². The van der Waals surface area contributed by atoms with Crippen molar-refractivity contribution in [3.8, 4) is 0 Å². The maximum Gasteiger partial charge on any atom is 0.129 e. The van der Waals surface area contributed by atoms with Crippen LogP contribution < -0.4 is 5.32 Å². The summed E-state index contributed by atoms with van der Waals surface area (Å²) in [5, 5.41) is 3.21. The molecule has 1 aromatic heterocycles. The van der Waals surface area contributed by atoms with Crippen LogP contribution in [0.3, 0.4) is 0 Å². The molecule has 2 aromatic rings. The molecule has 1 atom stereocenters. The number of thiophene rings is 1. The summed E-state index contributed by atoms with van der Waals surface area (Å²) in [4.78, 5) is 2.41. The lowest BCUT2D eigenvalue weighted by atomic mass is 10.0. The van der Waals surface area contributed by atoms with E-state index in [0.717, 1.165) is 4.47 Å². The molecule has 0 spiro atoms. The van der Waals surface area contributed by atoms with Crippen molar-refractivity contribution >= 4 is 27.3 Å². The van der Waals surface area contributed by atoms with Gasteiger partial charge in [-0.3, -0.25) is 0 Å². The van der Waals surface area contributed by atoms with Gasteiger partial charge in [-0.05, 0) is 44.7 Å². The van der Waals surface area contributed by atoms with E-state index in [1.165, 1.54) is 21.4 Å². The number of benzene rings is 1. The molecule has 0 bridgehead atoms. The maximum absolute atomic E-state index is 14.0. The molecule has 1 unspecified atom stereocenters. The number of rotatable bonds is 3. The summed E-state index contributed by atoms with van der Waals surface area (Å²) >= 11 is 5.15. The van der Waals surface area contributed by atoms with E-state index in [-0.39, 0.29) is 11.9 Å². The van der Waals surface area contributed by atoms with Gasteiger partial charge in [0, 0.05) is 19.8 Å². The van der Waals surface area contributed by atoms with Crippen LogP contribution in [0.25, 0.3) is 0 Å². The highest BCUT2D eigenvalue weighted by Gasteiger charge is 2.22. The normalized spacial score (nSPS) is 12.7. The van der Waals surface area contributed by atoms with Gasteiger partial charge in [0.15, 0.2) is 0 Å². The Morgan fingerprint density at radius 2 is 2.06 bits per heavy atom. The first-order valence-corrected chi connectivity index (χ1v) is 7.33. The van der Waals surface area contributed by atoms with E-state index in [0.29, 0.717) is 5.56 Å². The number of hydrogen-bond donors (Lipinski definition) is 1. The standard InChI is InChI=1S/C14H15BrFNS/c1-8-7-9(2)18-14(8)13(17-3)12-10(15)5-4-6-11(12)16/h4-7,13,17H,1-3H3. The summed E-state index contributed by atoms with van der Waals surface area (Å²) in [5.41, 5.74) is 1.87. The van der Waals surface area contributed by atoms with Gasteiger partial charge in [-0.2, -0.15) is 0 Å². The van der Waals surface area contributed by atoms with Crippen molar-refractivity contribution in [2.45, 2.75) is 19.9 Å². The van der Waals surface area contributed by atoms with Gasteiger partial charge >= 0.3 is 0 Å². The van der Waals surface area contributed by atoms with Crippen molar-refractivity contribution in [3.63, 3.8) is 0 Å². The first-order chi connectivity index (χ1) is 8.54. The molecule has 0 saturated carbocycles. The van der Waals surface area contributed by atoms with Crippen molar-refractivity contribution in [2.24, 2.45) is 0 Å². The van der Waals surface area contributed by atoms with E-state index in [1.807, 2.05) is 13.1 Å². The van der Waals surface area contributed by atoms with Crippen molar-refractivity contribution in [1.29, 1.82) is 0 Å². The Morgan fingerprint density at radius 1 is 1.33 bits per heavy atom. The molecule has 0 amide bonds. The van der Waals surface area contributed by atoms with Gasteiger partial charge in [-0.1, -0.05) is 22.0 Å². The van der Waals surface area contributed by atoms with Gasteiger partial charge in [0.2, 0.25) is 0 Å². The molecule has 0 aliphatic heterocycles. The molecule has 2 rings (SSSR count). The zero-order valence-electron chi connectivity index (χ0n) is 10.6. The highest BCUT2D eigenvalue weighted by molar-refractivity contribution is 9.10. The van der Waals surface area contributed by atoms with Crippen LogP contribution in [0.4, 0.5) is 4.39 Å². The summed E-state index contributed by atoms with van der Waals surface area (Å²) < 4.78 is 14.8. The minimum atomic E-state index is -0.186. The Morgan fingerprint density at radius 3 is 2.56 bits per heavy atom. The molecular formula is C14H15BrFNS. The van der Waals surface area contributed by atoms with E-state index in [4.69, 9.17) is 0 Å². The lowest BCUT2D eigenvalue weighted by Crippen LogP contribution is -2.19. The second kappa shape index (κ2) is 5.51. The molecule has 4 heteroatoms. The van der Waals surface area contributed by atoms with Crippen LogP contribution in [0, 0.1) is 19.7 Å². The Kier molecular flexibility index (Phi) is 4.20.